The van der Waals surface area contributed by atoms with Gasteiger partial charge in [-0.15, -0.1) is 0 Å². The molecule has 0 aliphatic rings. The van der Waals surface area contributed by atoms with E-state index in [-0.39, 0.29) is 26.4 Å². The Kier molecular flexibility index (Phi) is 7.95. The normalized spacial score (nSPS) is 11.3. The molecule has 3 N–H and O–H groups in total. The van der Waals surface area contributed by atoms with Crippen LogP contribution in [0.3, 0.4) is 0 Å². The van der Waals surface area contributed by atoms with Crippen LogP contribution in [-0.2, 0) is 22.7 Å². The van der Waals surface area contributed by atoms with Crippen molar-refractivity contribution in [3.8, 4) is 0 Å². The van der Waals surface area contributed by atoms with Gasteiger partial charge in [0.25, 0.3) is 0 Å². The minimum absolute atomic E-state index is 0.0184. The van der Waals surface area contributed by atoms with Gasteiger partial charge in [-0.05, 0) is 11.1 Å². The van der Waals surface area contributed by atoms with E-state index in [4.69, 9.17) is 9.47 Å². The smallest absolute Gasteiger partial charge is 0.407 e. The molecule has 0 aliphatic heterocycles. The average Bonchev–Trinajstić information content (AvgIpc) is 2.69. The number of hydrogen-bond donors (Lipinski definition) is 3. The van der Waals surface area contributed by atoms with Crippen molar-refractivity contribution in [2.45, 2.75) is 19.3 Å². The molecule has 7 nitrogen and oxygen atoms in total. The van der Waals surface area contributed by atoms with Gasteiger partial charge in [0.2, 0.25) is 0 Å². The van der Waals surface area contributed by atoms with Gasteiger partial charge < -0.3 is 25.2 Å². The molecule has 2 aromatic carbocycles. The van der Waals surface area contributed by atoms with Crippen molar-refractivity contribution in [1.82, 2.24) is 10.6 Å². The highest BCUT2D eigenvalue weighted by Crippen LogP contribution is 2.01. The van der Waals surface area contributed by atoms with Gasteiger partial charge in [-0.2, -0.15) is 0 Å². The van der Waals surface area contributed by atoms with Crippen molar-refractivity contribution in [3.63, 3.8) is 0 Å². The zero-order chi connectivity index (χ0) is 18.6. The molecular weight excluding hydrogens is 336 g/mol. The summed E-state index contributed by atoms with van der Waals surface area (Å²) < 4.78 is 10.1. The van der Waals surface area contributed by atoms with E-state index in [9.17, 15) is 14.7 Å². The van der Waals surface area contributed by atoms with E-state index in [0.29, 0.717) is 0 Å². The van der Waals surface area contributed by atoms with E-state index < -0.39 is 18.2 Å². The van der Waals surface area contributed by atoms with Crippen molar-refractivity contribution in [2.24, 2.45) is 0 Å². The number of aliphatic hydroxyl groups excluding tert-OH is 1. The summed E-state index contributed by atoms with van der Waals surface area (Å²) >= 11 is 0. The zero-order valence-corrected chi connectivity index (χ0v) is 14.3. The van der Waals surface area contributed by atoms with Crippen LogP contribution in [0.15, 0.2) is 60.7 Å². The van der Waals surface area contributed by atoms with Gasteiger partial charge >= 0.3 is 12.2 Å². The number of alkyl carbamates (subject to hydrolysis) is 2. The molecule has 7 heteroatoms. The zero-order valence-electron chi connectivity index (χ0n) is 14.3. The molecule has 138 valence electrons. The second kappa shape index (κ2) is 10.7. The SMILES string of the molecule is O=C(NCC(CO)NC(=O)OCc1ccccc1)OCc1ccccc1. The molecule has 26 heavy (non-hydrogen) atoms. The maximum absolute atomic E-state index is 11.8. The Balaban J connectivity index is 1.66. The Hall–Kier alpha value is -3.06. The third kappa shape index (κ3) is 7.23. The summed E-state index contributed by atoms with van der Waals surface area (Å²) in [5.74, 6) is 0. The fourth-order valence-electron chi connectivity index (χ4n) is 2.07. The van der Waals surface area contributed by atoms with Crippen LogP contribution >= 0.6 is 0 Å². The maximum atomic E-state index is 11.8. The lowest BCUT2D eigenvalue weighted by atomic mass is 10.2. The molecule has 0 radical (unpaired) electrons. The molecular formula is C19H22N2O5. The molecule has 2 aromatic rings. The third-order valence-electron chi connectivity index (χ3n) is 3.46. The molecule has 0 saturated heterocycles. The van der Waals surface area contributed by atoms with E-state index in [0.717, 1.165) is 11.1 Å². The summed E-state index contributed by atoms with van der Waals surface area (Å²) in [5, 5.41) is 14.3. The fraction of sp³-hybridized carbons (Fsp3) is 0.263. The molecule has 0 saturated carbocycles. The minimum Gasteiger partial charge on any atom is -0.445 e. The first-order valence-electron chi connectivity index (χ1n) is 8.20. The largest absolute Gasteiger partial charge is 0.445 e. The highest BCUT2D eigenvalue weighted by Gasteiger charge is 2.14. The van der Waals surface area contributed by atoms with Gasteiger partial charge in [-0.25, -0.2) is 9.59 Å². The molecule has 2 amide bonds. The second-order valence-corrected chi connectivity index (χ2v) is 5.53. The monoisotopic (exact) mass is 358 g/mol. The van der Waals surface area contributed by atoms with Crippen molar-refractivity contribution < 1.29 is 24.2 Å². The van der Waals surface area contributed by atoms with E-state index in [1.165, 1.54) is 0 Å². The Morgan fingerprint density at radius 3 is 1.85 bits per heavy atom. The van der Waals surface area contributed by atoms with Crippen LogP contribution in [0.4, 0.5) is 9.59 Å². The molecule has 1 unspecified atom stereocenters. The highest BCUT2D eigenvalue weighted by atomic mass is 16.6. The fourth-order valence-corrected chi connectivity index (χ4v) is 2.07. The van der Waals surface area contributed by atoms with E-state index >= 15 is 0 Å². The van der Waals surface area contributed by atoms with Crippen LogP contribution < -0.4 is 10.6 Å². The molecule has 0 aliphatic carbocycles. The number of benzene rings is 2. The van der Waals surface area contributed by atoms with Crippen LogP contribution in [0.2, 0.25) is 0 Å². The maximum Gasteiger partial charge on any atom is 0.407 e. The lowest BCUT2D eigenvalue weighted by molar-refractivity contribution is 0.123. The van der Waals surface area contributed by atoms with Crippen molar-refractivity contribution >= 4 is 12.2 Å². The molecule has 2 rings (SSSR count). The van der Waals surface area contributed by atoms with Gasteiger partial charge in [0.05, 0.1) is 12.6 Å². The summed E-state index contributed by atoms with van der Waals surface area (Å²) in [4.78, 5) is 23.4. The van der Waals surface area contributed by atoms with Crippen molar-refractivity contribution in [3.05, 3.63) is 71.8 Å². The van der Waals surface area contributed by atoms with Crippen LogP contribution in [0.5, 0.6) is 0 Å². The van der Waals surface area contributed by atoms with Crippen LogP contribution in [0.25, 0.3) is 0 Å². The van der Waals surface area contributed by atoms with Crippen LogP contribution in [0.1, 0.15) is 11.1 Å². The van der Waals surface area contributed by atoms with Gasteiger partial charge in [-0.3, -0.25) is 0 Å². The summed E-state index contributed by atoms with van der Waals surface area (Å²) in [6.45, 7) is -0.0651. The Morgan fingerprint density at radius 1 is 0.846 bits per heavy atom. The minimum atomic E-state index is -0.678. The quantitative estimate of drug-likeness (QED) is 0.672. The summed E-state index contributed by atoms with van der Waals surface area (Å²) in [7, 11) is 0. The Morgan fingerprint density at radius 2 is 1.35 bits per heavy atom. The Labute approximate surface area is 151 Å². The van der Waals surface area contributed by atoms with Gasteiger partial charge in [0.15, 0.2) is 0 Å². The van der Waals surface area contributed by atoms with Crippen LogP contribution in [0, 0.1) is 0 Å². The molecule has 0 heterocycles. The predicted octanol–water partition coefficient (Wildman–Crippen LogP) is 2.20. The third-order valence-corrected chi connectivity index (χ3v) is 3.46. The summed E-state index contributed by atoms with van der Waals surface area (Å²) in [6, 6.07) is 17.8. The predicted molar refractivity (Wildman–Crippen MR) is 95.3 cm³/mol. The first-order chi connectivity index (χ1) is 12.7. The number of aliphatic hydroxyl groups is 1. The van der Waals surface area contributed by atoms with E-state index in [1.807, 2.05) is 60.7 Å². The lowest BCUT2D eigenvalue weighted by Gasteiger charge is -2.17. The van der Waals surface area contributed by atoms with Gasteiger partial charge in [0, 0.05) is 6.54 Å². The number of carbonyl (C=O) groups excluding carboxylic acids is 2. The van der Waals surface area contributed by atoms with Crippen LogP contribution in [-0.4, -0.2) is 36.5 Å². The van der Waals surface area contributed by atoms with Crippen molar-refractivity contribution in [1.29, 1.82) is 0 Å². The second-order valence-electron chi connectivity index (χ2n) is 5.53. The van der Waals surface area contributed by atoms with Gasteiger partial charge in [-0.1, -0.05) is 60.7 Å². The number of hydrogen-bond acceptors (Lipinski definition) is 5. The first-order valence-corrected chi connectivity index (χ1v) is 8.20. The summed E-state index contributed by atoms with van der Waals surface area (Å²) in [6.07, 6.45) is -1.31. The van der Waals surface area contributed by atoms with E-state index in [1.54, 1.807) is 0 Å². The first kappa shape index (κ1) is 19.3. The lowest BCUT2D eigenvalue weighted by Crippen LogP contribution is -2.46. The van der Waals surface area contributed by atoms with Crippen molar-refractivity contribution in [2.75, 3.05) is 13.2 Å². The van der Waals surface area contributed by atoms with E-state index in [2.05, 4.69) is 10.6 Å². The average molecular weight is 358 g/mol. The number of rotatable bonds is 8. The number of ether oxygens (including phenoxy) is 2. The summed E-state index contributed by atoms with van der Waals surface area (Å²) in [5.41, 5.74) is 1.72. The Bertz CT molecular complexity index is 679. The molecule has 0 fully saturated rings. The molecule has 1 atom stereocenters. The number of carbonyl (C=O) groups is 2. The number of amides is 2. The molecule has 0 bridgehead atoms. The molecule has 0 spiro atoms. The standard InChI is InChI=1S/C19H22N2O5/c22-12-17(21-19(24)26-14-16-9-5-2-6-10-16)11-20-18(23)25-13-15-7-3-1-4-8-15/h1-10,17,22H,11-14H2,(H,20,23)(H,21,24). The van der Waals surface area contributed by atoms with Gasteiger partial charge in [0.1, 0.15) is 13.2 Å². The topological polar surface area (TPSA) is 96.9 Å². The molecule has 0 aromatic heterocycles. The number of nitrogens with one attached hydrogen (secondary N) is 2. The highest BCUT2D eigenvalue weighted by molar-refractivity contribution is 5.69.